The van der Waals surface area contributed by atoms with E-state index in [0.717, 1.165) is 44.3 Å². The number of likely N-dealkylation sites (tertiary alicyclic amines) is 1. The fourth-order valence-corrected chi connectivity index (χ4v) is 5.52. The summed E-state index contributed by atoms with van der Waals surface area (Å²) in [6.07, 6.45) is 3.70. The van der Waals surface area contributed by atoms with Crippen LogP contribution in [0.5, 0.6) is 5.75 Å². The van der Waals surface area contributed by atoms with Gasteiger partial charge in [-0.05, 0) is 62.1 Å². The normalized spacial score (nSPS) is 17.7. The Kier molecular flexibility index (Phi) is 5.29. The van der Waals surface area contributed by atoms with Gasteiger partial charge in [-0.1, -0.05) is 0 Å². The second-order valence-electron chi connectivity index (χ2n) is 9.93. The number of carbonyl (C=O) groups excluding carboxylic acids is 2. The minimum absolute atomic E-state index is 0.00475. The maximum atomic E-state index is 15.1. The number of hydrogen-bond donors (Lipinski definition) is 2. The molecule has 10 heteroatoms. The summed E-state index contributed by atoms with van der Waals surface area (Å²) in [5.74, 6) is -0.968. The van der Waals surface area contributed by atoms with Crippen LogP contribution in [0.2, 0.25) is 0 Å². The molecule has 1 aromatic heterocycles. The van der Waals surface area contributed by atoms with Crippen molar-refractivity contribution >= 4 is 23.3 Å². The topological polar surface area (TPSA) is 118 Å². The van der Waals surface area contributed by atoms with E-state index in [1.165, 1.54) is 23.9 Å². The molecule has 1 saturated carbocycles. The van der Waals surface area contributed by atoms with E-state index in [1.54, 1.807) is 11.0 Å². The van der Waals surface area contributed by atoms with Gasteiger partial charge in [0.25, 0.3) is 11.8 Å². The summed E-state index contributed by atoms with van der Waals surface area (Å²) in [6.45, 7) is 2.13. The van der Waals surface area contributed by atoms with Gasteiger partial charge >= 0.3 is 0 Å². The van der Waals surface area contributed by atoms with E-state index in [9.17, 15) is 9.59 Å². The number of benzene rings is 2. The molecule has 3 aromatic rings. The SMILES string of the molecule is COc1ccc(-n2nc(C(N)=O)c3c2C(=O)N(c2ccc(C(=N)N4CCCC4)cc2)CC32CC2)c(F)c1. The number of nitrogens with one attached hydrogen (secondary N) is 1. The number of rotatable bonds is 5. The lowest BCUT2D eigenvalue weighted by Gasteiger charge is -2.33. The molecule has 3 heterocycles. The number of carbonyl (C=O) groups is 2. The monoisotopic (exact) mass is 502 g/mol. The summed E-state index contributed by atoms with van der Waals surface area (Å²) >= 11 is 0. The van der Waals surface area contributed by atoms with Gasteiger partial charge in [-0.3, -0.25) is 15.0 Å². The molecule has 1 aliphatic carbocycles. The molecule has 9 nitrogen and oxygen atoms in total. The van der Waals surface area contributed by atoms with Gasteiger partial charge in [-0.2, -0.15) is 5.10 Å². The molecule has 3 N–H and O–H groups in total. The van der Waals surface area contributed by atoms with Gasteiger partial charge in [0.1, 0.15) is 23.0 Å². The number of methoxy groups -OCH3 is 1. The molecule has 37 heavy (non-hydrogen) atoms. The minimum Gasteiger partial charge on any atom is -0.497 e. The zero-order valence-corrected chi connectivity index (χ0v) is 20.5. The Morgan fingerprint density at radius 2 is 1.84 bits per heavy atom. The highest BCUT2D eigenvalue weighted by atomic mass is 19.1. The van der Waals surface area contributed by atoms with Crippen LogP contribution in [0.15, 0.2) is 42.5 Å². The Hall–Kier alpha value is -4.21. The quantitative estimate of drug-likeness (QED) is 0.410. The van der Waals surface area contributed by atoms with E-state index in [4.69, 9.17) is 15.9 Å². The van der Waals surface area contributed by atoms with Gasteiger partial charge in [0.05, 0.1) is 7.11 Å². The van der Waals surface area contributed by atoms with E-state index < -0.39 is 17.1 Å². The van der Waals surface area contributed by atoms with E-state index in [2.05, 4.69) is 10.00 Å². The van der Waals surface area contributed by atoms with Gasteiger partial charge in [-0.15, -0.1) is 0 Å². The highest BCUT2D eigenvalue weighted by molar-refractivity contribution is 6.11. The molecule has 2 amide bonds. The smallest absolute Gasteiger partial charge is 0.277 e. The second kappa shape index (κ2) is 8.43. The fraction of sp³-hybridized carbons (Fsp3) is 0.333. The average Bonchev–Trinajstić information content (AvgIpc) is 3.29. The maximum Gasteiger partial charge on any atom is 0.277 e. The molecule has 0 atom stereocenters. The van der Waals surface area contributed by atoms with Crippen LogP contribution in [0.4, 0.5) is 10.1 Å². The van der Waals surface area contributed by atoms with Crippen LogP contribution in [0.3, 0.4) is 0 Å². The second-order valence-corrected chi connectivity index (χ2v) is 9.93. The van der Waals surface area contributed by atoms with Crippen LogP contribution >= 0.6 is 0 Å². The van der Waals surface area contributed by atoms with E-state index >= 15 is 4.39 Å². The molecule has 1 saturated heterocycles. The molecule has 1 spiro atoms. The predicted molar refractivity (Wildman–Crippen MR) is 135 cm³/mol. The lowest BCUT2D eigenvalue weighted by atomic mass is 9.88. The Morgan fingerprint density at radius 3 is 2.43 bits per heavy atom. The van der Waals surface area contributed by atoms with Crippen LogP contribution < -0.4 is 15.4 Å². The van der Waals surface area contributed by atoms with Crippen LogP contribution in [0, 0.1) is 11.2 Å². The molecular formula is C27H27FN6O3. The van der Waals surface area contributed by atoms with Crippen molar-refractivity contribution in [3.8, 4) is 11.4 Å². The summed E-state index contributed by atoms with van der Waals surface area (Å²) in [5.41, 5.74) is 7.36. The fourth-order valence-electron chi connectivity index (χ4n) is 5.52. The molecule has 0 radical (unpaired) electrons. The molecular weight excluding hydrogens is 475 g/mol. The lowest BCUT2D eigenvalue weighted by Crippen LogP contribution is -2.45. The number of nitrogens with zero attached hydrogens (tertiary/aromatic N) is 4. The first-order chi connectivity index (χ1) is 17.8. The Balaban J connectivity index is 1.42. The van der Waals surface area contributed by atoms with Crippen molar-refractivity contribution in [2.24, 2.45) is 5.73 Å². The number of aromatic nitrogens is 2. The predicted octanol–water partition coefficient (Wildman–Crippen LogP) is 3.23. The standard InChI is InChI=1S/C27H27FN6O3/c1-37-18-8-9-20(19(28)14-18)34-23-21(22(31-34)25(30)35)27(10-11-27)15-33(26(23)36)17-6-4-16(5-7-17)24(29)32-12-2-3-13-32/h4-9,14,29H,2-3,10-13,15H2,1H3,(H2,30,35). The molecule has 3 aliphatic rings. The summed E-state index contributed by atoms with van der Waals surface area (Å²) in [6, 6.07) is 11.6. The number of primary amides is 1. The van der Waals surface area contributed by atoms with Gasteiger partial charge in [0.15, 0.2) is 11.5 Å². The summed E-state index contributed by atoms with van der Waals surface area (Å²) in [4.78, 5) is 30.0. The first kappa shape index (κ1) is 23.2. The number of amidine groups is 1. The number of nitrogens with two attached hydrogens (primary N) is 1. The number of ether oxygens (including phenoxy) is 1. The van der Waals surface area contributed by atoms with Crippen LogP contribution in [-0.2, 0) is 5.41 Å². The van der Waals surface area contributed by atoms with Crippen molar-refractivity contribution in [3.63, 3.8) is 0 Å². The molecule has 2 fully saturated rings. The van der Waals surface area contributed by atoms with E-state index in [-0.39, 0.29) is 23.0 Å². The average molecular weight is 503 g/mol. The minimum atomic E-state index is -0.749. The largest absolute Gasteiger partial charge is 0.497 e. The number of hydrogen-bond acceptors (Lipinski definition) is 5. The van der Waals surface area contributed by atoms with Gasteiger partial charge in [-0.25, -0.2) is 9.07 Å². The molecule has 0 unspecified atom stereocenters. The summed E-state index contributed by atoms with van der Waals surface area (Å²) in [5, 5.41) is 12.9. The molecule has 190 valence electrons. The number of fused-ring (bicyclic) bond motifs is 2. The third-order valence-corrected chi connectivity index (χ3v) is 7.67. The van der Waals surface area contributed by atoms with Crippen LogP contribution in [0.1, 0.15) is 57.8 Å². The first-order valence-electron chi connectivity index (χ1n) is 12.4. The van der Waals surface area contributed by atoms with Crippen molar-refractivity contribution in [1.29, 1.82) is 5.41 Å². The van der Waals surface area contributed by atoms with Crippen molar-refractivity contribution in [2.75, 3.05) is 31.6 Å². The van der Waals surface area contributed by atoms with Crippen molar-refractivity contribution in [1.82, 2.24) is 14.7 Å². The number of anilines is 1. The molecule has 6 rings (SSSR count). The molecule has 0 bridgehead atoms. The zero-order chi connectivity index (χ0) is 25.9. The van der Waals surface area contributed by atoms with Crippen LogP contribution in [-0.4, -0.2) is 59.1 Å². The Labute approximate surface area is 213 Å². The number of amides is 2. The third-order valence-electron chi connectivity index (χ3n) is 7.67. The molecule has 2 aromatic carbocycles. The maximum absolute atomic E-state index is 15.1. The molecule has 2 aliphatic heterocycles. The van der Waals surface area contributed by atoms with Crippen molar-refractivity contribution < 1.29 is 18.7 Å². The van der Waals surface area contributed by atoms with Crippen LogP contribution in [0.25, 0.3) is 5.69 Å². The first-order valence-corrected chi connectivity index (χ1v) is 12.4. The summed E-state index contributed by atoms with van der Waals surface area (Å²) < 4.78 is 21.4. The van der Waals surface area contributed by atoms with E-state index in [1.807, 2.05) is 24.3 Å². The Morgan fingerprint density at radius 1 is 1.14 bits per heavy atom. The number of halogens is 1. The van der Waals surface area contributed by atoms with Gasteiger partial charge in [0.2, 0.25) is 0 Å². The van der Waals surface area contributed by atoms with Crippen molar-refractivity contribution in [2.45, 2.75) is 31.1 Å². The van der Waals surface area contributed by atoms with Crippen molar-refractivity contribution in [3.05, 3.63) is 70.8 Å². The highest BCUT2D eigenvalue weighted by Crippen LogP contribution is 2.54. The van der Waals surface area contributed by atoms with Gasteiger partial charge < -0.3 is 20.3 Å². The summed E-state index contributed by atoms with van der Waals surface area (Å²) in [7, 11) is 1.44. The highest BCUT2D eigenvalue weighted by Gasteiger charge is 2.56. The van der Waals surface area contributed by atoms with E-state index in [0.29, 0.717) is 29.4 Å². The Bertz CT molecular complexity index is 1440. The third kappa shape index (κ3) is 3.66. The zero-order valence-electron chi connectivity index (χ0n) is 20.5. The van der Waals surface area contributed by atoms with Gasteiger partial charge in [0, 0.05) is 47.9 Å². The lowest BCUT2D eigenvalue weighted by molar-refractivity contribution is 0.0966.